The number of hydrogen-bond donors (Lipinski definition) is 2. The third kappa shape index (κ3) is 5.66. The minimum Gasteiger partial charge on any atom is -0.326 e. The molecule has 0 fully saturated rings. The van der Waals surface area contributed by atoms with E-state index in [-0.39, 0.29) is 24.7 Å². The fourth-order valence-electron chi connectivity index (χ4n) is 2.76. The molecule has 3 rings (SSSR count). The van der Waals surface area contributed by atoms with Crippen molar-refractivity contribution in [1.29, 1.82) is 0 Å². The van der Waals surface area contributed by atoms with Crippen molar-refractivity contribution in [2.45, 2.75) is 19.3 Å². The minimum atomic E-state index is -0.226. The fourth-order valence-corrected chi connectivity index (χ4v) is 2.88. The number of anilines is 1. The first-order valence-corrected chi connectivity index (χ1v) is 9.35. The number of nitrogens with zero attached hydrogens (tertiary/aromatic N) is 1. The molecule has 0 aliphatic rings. The van der Waals surface area contributed by atoms with Gasteiger partial charge in [-0.1, -0.05) is 54.1 Å². The maximum atomic E-state index is 11.9. The fraction of sp³-hybridized carbons (Fsp3) is 0.136. The first kappa shape index (κ1) is 19.6. The van der Waals surface area contributed by atoms with Crippen LogP contribution in [0, 0.1) is 0 Å². The molecule has 0 radical (unpaired) electrons. The standard InChI is InChI=1S/C22H20ClN3O2/c23-18-11-13-19(14-12-18)25-21(27)9-4-10-22(28)26-24-15-17-7-3-6-16-5-1-2-8-20(16)17/h1-3,5-8,11-15H,4,9-10H2,(H,25,27)(H,26,28)/b24-15+. The summed E-state index contributed by atoms with van der Waals surface area (Å²) >= 11 is 5.81. The summed E-state index contributed by atoms with van der Waals surface area (Å²) in [7, 11) is 0. The van der Waals surface area contributed by atoms with Crippen LogP contribution in [0.15, 0.2) is 71.8 Å². The molecule has 2 N–H and O–H groups in total. The molecule has 0 bridgehead atoms. The van der Waals surface area contributed by atoms with Crippen LogP contribution in [-0.2, 0) is 9.59 Å². The monoisotopic (exact) mass is 393 g/mol. The zero-order chi connectivity index (χ0) is 19.8. The van der Waals surface area contributed by atoms with E-state index in [0.29, 0.717) is 17.1 Å². The highest BCUT2D eigenvalue weighted by molar-refractivity contribution is 6.30. The lowest BCUT2D eigenvalue weighted by molar-refractivity contribution is -0.121. The van der Waals surface area contributed by atoms with E-state index in [9.17, 15) is 9.59 Å². The van der Waals surface area contributed by atoms with Crippen molar-refractivity contribution in [3.63, 3.8) is 0 Å². The largest absolute Gasteiger partial charge is 0.326 e. The van der Waals surface area contributed by atoms with E-state index in [1.807, 2.05) is 42.5 Å². The van der Waals surface area contributed by atoms with Gasteiger partial charge in [0, 0.05) is 29.1 Å². The zero-order valence-corrected chi connectivity index (χ0v) is 15.9. The molecule has 142 valence electrons. The van der Waals surface area contributed by atoms with Crippen molar-refractivity contribution >= 4 is 46.1 Å². The molecule has 0 saturated heterocycles. The predicted octanol–water partition coefficient (Wildman–Crippen LogP) is 4.75. The van der Waals surface area contributed by atoms with Crippen molar-refractivity contribution in [3.05, 3.63) is 77.3 Å². The first-order chi connectivity index (χ1) is 13.6. The third-order valence-electron chi connectivity index (χ3n) is 4.15. The number of rotatable bonds is 7. The quantitative estimate of drug-likeness (QED) is 0.449. The van der Waals surface area contributed by atoms with E-state index in [1.54, 1.807) is 30.5 Å². The Kier molecular flexibility index (Phi) is 6.76. The molecule has 5 nitrogen and oxygen atoms in total. The van der Waals surface area contributed by atoms with Crippen LogP contribution < -0.4 is 10.7 Å². The maximum Gasteiger partial charge on any atom is 0.240 e. The average molecular weight is 394 g/mol. The Morgan fingerprint density at radius 3 is 2.43 bits per heavy atom. The van der Waals surface area contributed by atoms with Gasteiger partial charge >= 0.3 is 0 Å². The molecule has 0 aliphatic carbocycles. The Hall–Kier alpha value is -3.18. The van der Waals surface area contributed by atoms with E-state index in [2.05, 4.69) is 15.8 Å². The molecule has 2 amide bonds. The highest BCUT2D eigenvalue weighted by atomic mass is 35.5. The van der Waals surface area contributed by atoms with Crippen LogP contribution in [0.1, 0.15) is 24.8 Å². The summed E-state index contributed by atoms with van der Waals surface area (Å²) in [6.45, 7) is 0. The summed E-state index contributed by atoms with van der Waals surface area (Å²) in [5, 5.41) is 9.59. The Morgan fingerprint density at radius 1 is 0.893 bits per heavy atom. The molecule has 0 atom stereocenters. The molecule has 0 unspecified atom stereocenters. The summed E-state index contributed by atoms with van der Waals surface area (Å²) in [4.78, 5) is 23.8. The number of nitrogens with one attached hydrogen (secondary N) is 2. The molecule has 3 aromatic rings. The van der Waals surface area contributed by atoms with Crippen molar-refractivity contribution in [1.82, 2.24) is 5.43 Å². The number of halogens is 1. The highest BCUT2D eigenvalue weighted by Crippen LogP contribution is 2.17. The van der Waals surface area contributed by atoms with Crippen LogP contribution in [-0.4, -0.2) is 18.0 Å². The molecule has 28 heavy (non-hydrogen) atoms. The lowest BCUT2D eigenvalue weighted by Gasteiger charge is -2.05. The molecule has 0 aromatic heterocycles. The second kappa shape index (κ2) is 9.67. The van der Waals surface area contributed by atoms with Gasteiger partial charge in [0.05, 0.1) is 6.21 Å². The van der Waals surface area contributed by atoms with Crippen molar-refractivity contribution < 1.29 is 9.59 Å². The zero-order valence-electron chi connectivity index (χ0n) is 15.2. The Morgan fingerprint density at radius 2 is 1.61 bits per heavy atom. The summed E-state index contributed by atoms with van der Waals surface area (Å²) in [6, 6.07) is 20.8. The number of hydrazone groups is 1. The van der Waals surface area contributed by atoms with Gasteiger partial charge in [-0.05, 0) is 41.5 Å². The summed E-state index contributed by atoms with van der Waals surface area (Å²) < 4.78 is 0. The molecule has 0 heterocycles. The number of carbonyl (C=O) groups is 2. The van der Waals surface area contributed by atoms with E-state index in [0.717, 1.165) is 16.3 Å². The van der Waals surface area contributed by atoms with Gasteiger partial charge in [0.15, 0.2) is 0 Å². The van der Waals surface area contributed by atoms with Gasteiger partial charge in [-0.25, -0.2) is 5.43 Å². The molecular weight excluding hydrogens is 374 g/mol. The topological polar surface area (TPSA) is 70.6 Å². The number of hydrogen-bond acceptors (Lipinski definition) is 3. The minimum absolute atomic E-state index is 0.144. The van der Waals surface area contributed by atoms with Crippen molar-refractivity contribution in [2.75, 3.05) is 5.32 Å². The predicted molar refractivity (Wildman–Crippen MR) is 114 cm³/mol. The third-order valence-corrected chi connectivity index (χ3v) is 4.40. The van der Waals surface area contributed by atoms with Gasteiger partial charge in [-0.2, -0.15) is 5.10 Å². The summed E-state index contributed by atoms with van der Waals surface area (Å²) in [5.74, 6) is -0.370. The van der Waals surface area contributed by atoms with Gasteiger partial charge in [-0.3, -0.25) is 9.59 Å². The maximum absolute atomic E-state index is 11.9. The smallest absolute Gasteiger partial charge is 0.240 e. The van der Waals surface area contributed by atoms with Gasteiger partial charge < -0.3 is 5.32 Å². The van der Waals surface area contributed by atoms with Gasteiger partial charge in [-0.15, -0.1) is 0 Å². The van der Waals surface area contributed by atoms with Gasteiger partial charge in [0.25, 0.3) is 0 Å². The van der Waals surface area contributed by atoms with Gasteiger partial charge in [0.1, 0.15) is 0 Å². The van der Waals surface area contributed by atoms with Crippen LogP contribution in [0.25, 0.3) is 10.8 Å². The van der Waals surface area contributed by atoms with Crippen molar-refractivity contribution in [3.8, 4) is 0 Å². The Labute approximate surface area is 168 Å². The summed E-state index contributed by atoms with van der Waals surface area (Å²) in [5.41, 5.74) is 4.12. The van der Waals surface area contributed by atoms with E-state index in [4.69, 9.17) is 11.6 Å². The number of benzene rings is 3. The van der Waals surface area contributed by atoms with E-state index >= 15 is 0 Å². The van der Waals surface area contributed by atoms with Gasteiger partial charge in [0.2, 0.25) is 11.8 Å². The van der Waals surface area contributed by atoms with Crippen LogP contribution in [0.3, 0.4) is 0 Å². The Balaban J connectivity index is 1.42. The lowest BCUT2D eigenvalue weighted by atomic mass is 10.1. The molecule has 3 aromatic carbocycles. The number of carbonyl (C=O) groups excluding carboxylic acids is 2. The normalized spacial score (nSPS) is 10.9. The van der Waals surface area contributed by atoms with Crippen LogP contribution in [0.2, 0.25) is 5.02 Å². The van der Waals surface area contributed by atoms with Crippen LogP contribution in [0.5, 0.6) is 0 Å². The second-order valence-corrected chi connectivity index (χ2v) is 6.71. The molecule has 6 heteroatoms. The highest BCUT2D eigenvalue weighted by Gasteiger charge is 2.05. The summed E-state index contributed by atoms with van der Waals surface area (Å²) in [6.07, 6.45) is 2.55. The van der Waals surface area contributed by atoms with Crippen molar-refractivity contribution in [2.24, 2.45) is 5.10 Å². The lowest BCUT2D eigenvalue weighted by Crippen LogP contribution is -2.18. The van der Waals surface area contributed by atoms with Crippen LogP contribution in [0.4, 0.5) is 5.69 Å². The molecular formula is C22H20ClN3O2. The Bertz CT molecular complexity index is 995. The molecule has 0 saturated carbocycles. The number of fused-ring (bicyclic) bond motifs is 1. The average Bonchev–Trinajstić information content (AvgIpc) is 2.70. The van der Waals surface area contributed by atoms with Crippen LogP contribution >= 0.6 is 11.6 Å². The number of amides is 2. The van der Waals surface area contributed by atoms with E-state index in [1.165, 1.54) is 0 Å². The van der Waals surface area contributed by atoms with E-state index < -0.39 is 0 Å². The molecule has 0 aliphatic heterocycles. The SMILES string of the molecule is O=C(CCCC(=O)Nc1ccc(Cl)cc1)N/N=C/c1cccc2ccccc12. The second-order valence-electron chi connectivity index (χ2n) is 6.27. The first-order valence-electron chi connectivity index (χ1n) is 8.97. The molecule has 0 spiro atoms.